The highest BCUT2D eigenvalue weighted by Gasteiger charge is 2.52. The van der Waals surface area contributed by atoms with Crippen LogP contribution in [0.5, 0.6) is 0 Å². The SMILES string of the molecule is Cc1cc2cc(NC(=O)C3CC(=O)OC34CCCCC4)ccc2o1. The zero-order valence-electron chi connectivity index (χ0n) is 13.8. The van der Waals surface area contributed by atoms with E-state index in [1.807, 2.05) is 31.2 Å². The quantitative estimate of drug-likeness (QED) is 0.848. The van der Waals surface area contributed by atoms with E-state index in [2.05, 4.69) is 5.32 Å². The van der Waals surface area contributed by atoms with Gasteiger partial charge in [0.15, 0.2) is 0 Å². The lowest BCUT2D eigenvalue weighted by Gasteiger charge is -2.36. The van der Waals surface area contributed by atoms with E-state index >= 15 is 0 Å². The molecule has 0 bridgehead atoms. The number of fused-ring (bicyclic) bond motifs is 1. The molecule has 1 aliphatic heterocycles. The van der Waals surface area contributed by atoms with Crippen LogP contribution in [0, 0.1) is 12.8 Å². The number of carbonyl (C=O) groups is 2. The van der Waals surface area contributed by atoms with Crippen molar-refractivity contribution in [3.05, 3.63) is 30.0 Å². The zero-order valence-corrected chi connectivity index (χ0v) is 13.8. The molecule has 1 N–H and O–H groups in total. The summed E-state index contributed by atoms with van der Waals surface area (Å²) in [5.74, 6) is 0.0665. The molecule has 0 radical (unpaired) electrons. The predicted molar refractivity (Wildman–Crippen MR) is 89.6 cm³/mol. The Balaban J connectivity index is 1.56. The first-order valence-electron chi connectivity index (χ1n) is 8.59. The molecule has 4 rings (SSSR count). The van der Waals surface area contributed by atoms with Crippen molar-refractivity contribution in [1.29, 1.82) is 0 Å². The largest absolute Gasteiger partial charge is 0.461 e. The smallest absolute Gasteiger partial charge is 0.307 e. The fourth-order valence-electron chi connectivity index (χ4n) is 4.11. The Hall–Kier alpha value is -2.30. The van der Waals surface area contributed by atoms with Gasteiger partial charge in [-0.3, -0.25) is 9.59 Å². The van der Waals surface area contributed by atoms with Crippen molar-refractivity contribution in [1.82, 2.24) is 0 Å². The molecule has 1 saturated heterocycles. The third-order valence-electron chi connectivity index (χ3n) is 5.25. The fraction of sp³-hybridized carbons (Fsp3) is 0.474. The summed E-state index contributed by atoms with van der Waals surface area (Å²) in [7, 11) is 0. The number of amides is 1. The Bertz CT molecular complexity index is 801. The fourth-order valence-corrected chi connectivity index (χ4v) is 4.11. The molecule has 2 aliphatic rings. The van der Waals surface area contributed by atoms with Gasteiger partial charge in [0.05, 0.1) is 12.3 Å². The summed E-state index contributed by atoms with van der Waals surface area (Å²) in [5, 5.41) is 3.92. The second kappa shape index (κ2) is 5.65. The summed E-state index contributed by atoms with van der Waals surface area (Å²) in [6, 6.07) is 7.52. The number of hydrogen-bond acceptors (Lipinski definition) is 4. The van der Waals surface area contributed by atoms with E-state index in [4.69, 9.17) is 9.15 Å². The summed E-state index contributed by atoms with van der Waals surface area (Å²) in [6.45, 7) is 1.90. The maximum absolute atomic E-state index is 12.8. The molecule has 1 unspecified atom stereocenters. The van der Waals surface area contributed by atoms with Gasteiger partial charge in [0, 0.05) is 11.1 Å². The maximum Gasteiger partial charge on any atom is 0.307 e. The molecular formula is C19H21NO4. The molecule has 1 amide bonds. The van der Waals surface area contributed by atoms with Crippen molar-refractivity contribution in [2.24, 2.45) is 5.92 Å². The average molecular weight is 327 g/mol. The normalized spacial score (nSPS) is 22.7. The molecular weight excluding hydrogens is 306 g/mol. The molecule has 1 aliphatic carbocycles. The predicted octanol–water partition coefficient (Wildman–Crippen LogP) is 3.95. The second-order valence-electron chi connectivity index (χ2n) is 6.96. The van der Waals surface area contributed by atoms with E-state index in [0.29, 0.717) is 0 Å². The van der Waals surface area contributed by atoms with E-state index in [1.165, 1.54) is 0 Å². The lowest BCUT2D eigenvalue weighted by molar-refractivity contribution is -0.153. The van der Waals surface area contributed by atoms with Gasteiger partial charge in [0.2, 0.25) is 5.91 Å². The molecule has 1 aromatic carbocycles. The highest BCUT2D eigenvalue weighted by Crippen LogP contribution is 2.44. The van der Waals surface area contributed by atoms with E-state index in [0.717, 1.165) is 54.5 Å². The average Bonchev–Trinajstić information content (AvgIpc) is 3.07. The van der Waals surface area contributed by atoms with Crippen LogP contribution in [-0.2, 0) is 14.3 Å². The van der Waals surface area contributed by atoms with Crippen molar-refractivity contribution in [2.45, 2.75) is 51.0 Å². The van der Waals surface area contributed by atoms with Crippen LogP contribution in [0.1, 0.15) is 44.3 Å². The standard InChI is InChI=1S/C19H21NO4/c1-12-9-13-10-14(5-6-16(13)23-12)20-18(22)15-11-17(21)24-19(15)7-3-2-4-8-19/h5-6,9-10,15H,2-4,7-8,11H2,1H3,(H,20,22). The van der Waals surface area contributed by atoms with Crippen LogP contribution in [0.25, 0.3) is 11.0 Å². The number of furan rings is 1. The van der Waals surface area contributed by atoms with Gasteiger partial charge in [-0.2, -0.15) is 0 Å². The highest BCUT2D eigenvalue weighted by atomic mass is 16.6. The first-order valence-corrected chi connectivity index (χ1v) is 8.59. The molecule has 5 heteroatoms. The summed E-state index contributed by atoms with van der Waals surface area (Å²) in [5.41, 5.74) is 0.933. The van der Waals surface area contributed by atoms with Gasteiger partial charge < -0.3 is 14.5 Å². The number of aryl methyl sites for hydroxylation is 1. The van der Waals surface area contributed by atoms with Gasteiger partial charge in [-0.05, 0) is 56.9 Å². The monoisotopic (exact) mass is 327 g/mol. The highest BCUT2D eigenvalue weighted by molar-refractivity contribution is 5.98. The van der Waals surface area contributed by atoms with Gasteiger partial charge in [-0.15, -0.1) is 0 Å². The van der Waals surface area contributed by atoms with E-state index in [9.17, 15) is 9.59 Å². The third-order valence-corrected chi connectivity index (χ3v) is 5.25. The Morgan fingerprint density at radius 3 is 2.79 bits per heavy atom. The number of anilines is 1. The van der Waals surface area contributed by atoms with Crippen molar-refractivity contribution in [2.75, 3.05) is 5.32 Å². The van der Waals surface area contributed by atoms with Gasteiger partial charge in [-0.1, -0.05) is 6.42 Å². The van der Waals surface area contributed by atoms with E-state index in [-0.39, 0.29) is 18.3 Å². The molecule has 5 nitrogen and oxygen atoms in total. The Morgan fingerprint density at radius 1 is 1.21 bits per heavy atom. The van der Waals surface area contributed by atoms with Crippen LogP contribution in [-0.4, -0.2) is 17.5 Å². The minimum atomic E-state index is -0.588. The van der Waals surface area contributed by atoms with Crippen molar-refractivity contribution in [3.63, 3.8) is 0 Å². The zero-order chi connectivity index (χ0) is 16.7. The summed E-state index contributed by atoms with van der Waals surface area (Å²) in [6.07, 6.45) is 4.92. The third kappa shape index (κ3) is 2.58. The van der Waals surface area contributed by atoms with Crippen molar-refractivity contribution in [3.8, 4) is 0 Å². The van der Waals surface area contributed by atoms with Crippen LogP contribution in [0.3, 0.4) is 0 Å². The van der Waals surface area contributed by atoms with Gasteiger partial charge in [0.25, 0.3) is 0 Å². The summed E-state index contributed by atoms with van der Waals surface area (Å²) >= 11 is 0. The van der Waals surface area contributed by atoms with Crippen LogP contribution in [0.2, 0.25) is 0 Å². The molecule has 24 heavy (non-hydrogen) atoms. The number of ether oxygens (including phenoxy) is 1. The van der Waals surface area contributed by atoms with Crippen molar-refractivity contribution < 1.29 is 18.7 Å². The topological polar surface area (TPSA) is 68.5 Å². The van der Waals surface area contributed by atoms with Gasteiger partial charge in [0.1, 0.15) is 16.9 Å². The van der Waals surface area contributed by atoms with E-state index in [1.54, 1.807) is 0 Å². The number of carbonyl (C=O) groups excluding carboxylic acids is 2. The molecule has 1 spiro atoms. The first-order chi connectivity index (χ1) is 11.6. The number of esters is 1. The summed E-state index contributed by atoms with van der Waals surface area (Å²) < 4.78 is 11.2. The lowest BCUT2D eigenvalue weighted by Crippen LogP contribution is -2.43. The van der Waals surface area contributed by atoms with Crippen LogP contribution < -0.4 is 5.32 Å². The molecule has 2 fully saturated rings. The minimum Gasteiger partial charge on any atom is -0.461 e. The maximum atomic E-state index is 12.8. The van der Waals surface area contributed by atoms with Crippen LogP contribution >= 0.6 is 0 Å². The summed E-state index contributed by atoms with van der Waals surface area (Å²) in [4.78, 5) is 24.7. The number of hydrogen-bond donors (Lipinski definition) is 1. The van der Waals surface area contributed by atoms with E-state index < -0.39 is 11.5 Å². The van der Waals surface area contributed by atoms with Crippen LogP contribution in [0.15, 0.2) is 28.7 Å². The van der Waals surface area contributed by atoms with Crippen LogP contribution in [0.4, 0.5) is 5.69 Å². The number of benzene rings is 1. The molecule has 126 valence electrons. The molecule has 2 heterocycles. The van der Waals surface area contributed by atoms with Gasteiger partial charge >= 0.3 is 5.97 Å². The Labute approximate surface area is 140 Å². The number of rotatable bonds is 2. The Kier molecular flexibility index (Phi) is 3.59. The molecule has 2 aromatic rings. The second-order valence-corrected chi connectivity index (χ2v) is 6.96. The lowest BCUT2D eigenvalue weighted by atomic mass is 9.75. The number of nitrogens with one attached hydrogen (secondary N) is 1. The molecule has 1 saturated carbocycles. The first kappa shape index (κ1) is 15.2. The Morgan fingerprint density at radius 2 is 2.00 bits per heavy atom. The molecule has 1 atom stereocenters. The van der Waals surface area contributed by atoms with Crippen molar-refractivity contribution >= 4 is 28.5 Å². The molecule has 1 aromatic heterocycles. The minimum absolute atomic E-state index is 0.123. The van der Waals surface area contributed by atoms with Gasteiger partial charge in [-0.25, -0.2) is 0 Å².